The number of nitrogens with two attached hydrogens (primary N) is 1. The third-order valence-corrected chi connectivity index (χ3v) is 5.20. The average Bonchev–Trinajstić information content (AvgIpc) is 3.25. The molecule has 0 saturated carbocycles. The largest absolute Gasteiger partial charge is 0.383 e. The van der Waals surface area contributed by atoms with Crippen LogP contribution >= 0.6 is 22.7 Å². The van der Waals surface area contributed by atoms with Crippen LogP contribution in [0.15, 0.2) is 21.9 Å². The molecule has 0 fully saturated rings. The van der Waals surface area contributed by atoms with Crippen molar-refractivity contribution in [1.82, 2.24) is 25.3 Å². The van der Waals surface area contributed by atoms with Crippen molar-refractivity contribution in [2.24, 2.45) is 4.99 Å². The SMILES string of the molecule is Cc1ncc(-c2nc(-c3csc(NC4=NCCCN4)n3)cs2)c(N)n1. The minimum atomic E-state index is 0.440. The number of aryl methyl sites for hydroxylation is 1. The van der Waals surface area contributed by atoms with Gasteiger partial charge in [0.05, 0.1) is 5.56 Å². The Bertz CT molecular complexity index is 929. The summed E-state index contributed by atoms with van der Waals surface area (Å²) in [6.45, 7) is 3.57. The molecular formula is C15H16N8S2. The van der Waals surface area contributed by atoms with E-state index in [1.54, 1.807) is 6.20 Å². The maximum absolute atomic E-state index is 5.98. The Morgan fingerprint density at radius 1 is 1.16 bits per heavy atom. The lowest BCUT2D eigenvalue weighted by atomic mass is 10.3. The van der Waals surface area contributed by atoms with Crippen molar-refractivity contribution in [2.45, 2.75) is 13.3 Å². The lowest BCUT2D eigenvalue weighted by Gasteiger charge is -2.13. The normalized spacial score (nSPS) is 14.0. The number of nitrogens with one attached hydrogen (secondary N) is 2. The fourth-order valence-electron chi connectivity index (χ4n) is 2.33. The van der Waals surface area contributed by atoms with Gasteiger partial charge in [0.15, 0.2) is 11.1 Å². The highest BCUT2D eigenvalue weighted by Gasteiger charge is 2.14. The molecule has 3 aromatic heterocycles. The molecule has 10 heteroatoms. The Labute approximate surface area is 152 Å². The molecule has 0 bridgehead atoms. The maximum Gasteiger partial charge on any atom is 0.197 e. The fraction of sp³-hybridized carbons (Fsp3) is 0.267. The Morgan fingerprint density at radius 3 is 2.80 bits per heavy atom. The van der Waals surface area contributed by atoms with Gasteiger partial charge in [-0.25, -0.2) is 19.9 Å². The Morgan fingerprint density at radius 2 is 2.00 bits per heavy atom. The molecular weight excluding hydrogens is 356 g/mol. The molecule has 4 rings (SSSR count). The summed E-state index contributed by atoms with van der Waals surface area (Å²) in [5, 5.41) is 11.9. The van der Waals surface area contributed by atoms with Gasteiger partial charge in [-0.1, -0.05) is 0 Å². The van der Waals surface area contributed by atoms with Gasteiger partial charge in [0.1, 0.15) is 28.0 Å². The summed E-state index contributed by atoms with van der Waals surface area (Å²) in [6.07, 6.45) is 2.77. The monoisotopic (exact) mass is 372 g/mol. The molecule has 25 heavy (non-hydrogen) atoms. The minimum Gasteiger partial charge on any atom is -0.383 e. The number of aliphatic imine (C=N–C) groups is 1. The third-order valence-electron chi connectivity index (χ3n) is 3.56. The number of rotatable bonds is 3. The number of hydrogen-bond donors (Lipinski definition) is 3. The second kappa shape index (κ2) is 6.73. The number of nitrogens with zero attached hydrogens (tertiary/aromatic N) is 5. The Kier molecular flexibility index (Phi) is 4.28. The highest BCUT2D eigenvalue weighted by Crippen LogP contribution is 2.32. The zero-order chi connectivity index (χ0) is 17.2. The van der Waals surface area contributed by atoms with Crippen LogP contribution in [0.3, 0.4) is 0 Å². The van der Waals surface area contributed by atoms with E-state index in [-0.39, 0.29) is 0 Å². The zero-order valence-electron chi connectivity index (χ0n) is 13.5. The summed E-state index contributed by atoms with van der Waals surface area (Å²) in [4.78, 5) is 22.0. The highest BCUT2D eigenvalue weighted by molar-refractivity contribution is 7.14. The molecule has 8 nitrogen and oxygen atoms in total. The topological polar surface area (TPSA) is 114 Å². The molecule has 1 aliphatic heterocycles. The molecule has 0 spiro atoms. The predicted octanol–water partition coefficient (Wildman–Crippen LogP) is 2.38. The molecule has 0 atom stereocenters. The highest BCUT2D eigenvalue weighted by atomic mass is 32.1. The summed E-state index contributed by atoms with van der Waals surface area (Å²) < 4.78 is 0. The van der Waals surface area contributed by atoms with Crippen molar-refractivity contribution in [3.8, 4) is 22.0 Å². The van der Waals surface area contributed by atoms with Gasteiger partial charge in [0, 0.05) is 30.0 Å². The smallest absolute Gasteiger partial charge is 0.197 e. The number of anilines is 2. The zero-order valence-corrected chi connectivity index (χ0v) is 15.1. The van der Waals surface area contributed by atoms with Gasteiger partial charge in [-0.15, -0.1) is 22.7 Å². The Balaban J connectivity index is 1.55. The van der Waals surface area contributed by atoms with Gasteiger partial charge in [0.2, 0.25) is 0 Å². The minimum absolute atomic E-state index is 0.440. The first-order chi connectivity index (χ1) is 12.2. The number of aromatic nitrogens is 4. The van der Waals surface area contributed by atoms with E-state index in [0.717, 1.165) is 52.6 Å². The van der Waals surface area contributed by atoms with Crippen molar-refractivity contribution < 1.29 is 0 Å². The van der Waals surface area contributed by atoms with Crippen molar-refractivity contribution in [3.05, 3.63) is 22.8 Å². The maximum atomic E-state index is 5.98. The first kappa shape index (κ1) is 15.9. The van der Waals surface area contributed by atoms with Crippen molar-refractivity contribution in [3.63, 3.8) is 0 Å². The van der Waals surface area contributed by atoms with Crippen molar-refractivity contribution in [2.75, 3.05) is 24.1 Å². The summed E-state index contributed by atoms with van der Waals surface area (Å²) in [5.41, 5.74) is 8.35. The van der Waals surface area contributed by atoms with Crippen LogP contribution in [0.2, 0.25) is 0 Å². The van der Waals surface area contributed by atoms with E-state index in [4.69, 9.17) is 5.73 Å². The molecule has 128 valence electrons. The molecule has 4 heterocycles. The van der Waals surface area contributed by atoms with Gasteiger partial charge in [0.25, 0.3) is 0 Å². The van der Waals surface area contributed by atoms with Crippen molar-refractivity contribution >= 4 is 39.6 Å². The molecule has 0 aromatic carbocycles. The number of nitrogen functional groups attached to an aromatic ring is 1. The third kappa shape index (κ3) is 3.44. The van der Waals surface area contributed by atoms with Crippen LogP contribution < -0.4 is 16.4 Å². The molecule has 0 amide bonds. The Hall–Kier alpha value is -2.59. The van der Waals surface area contributed by atoms with Crippen LogP contribution in [-0.4, -0.2) is 39.0 Å². The second-order valence-electron chi connectivity index (χ2n) is 5.43. The van der Waals surface area contributed by atoms with Gasteiger partial charge in [-0.2, -0.15) is 0 Å². The number of hydrogen-bond acceptors (Lipinski definition) is 10. The number of guanidine groups is 1. The van der Waals surface area contributed by atoms with Gasteiger partial charge in [-0.05, 0) is 13.3 Å². The quantitative estimate of drug-likeness (QED) is 0.646. The van der Waals surface area contributed by atoms with E-state index in [2.05, 4.69) is 35.6 Å². The van der Waals surface area contributed by atoms with Gasteiger partial charge in [-0.3, -0.25) is 4.99 Å². The molecule has 0 unspecified atom stereocenters. The average molecular weight is 372 g/mol. The summed E-state index contributed by atoms with van der Waals surface area (Å²) in [5.74, 6) is 1.86. The predicted molar refractivity (Wildman–Crippen MR) is 102 cm³/mol. The molecule has 1 aliphatic rings. The lowest BCUT2D eigenvalue weighted by Crippen LogP contribution is -2.35. The van der Waals surface area contributed by atoms with Gasteiger partial charge >= 0.3 is 0 Å². The van der Waals surface area contributed by atoms with Crippen LogP contribution in [0.25, 0.3) is 22.0 Å². The van der Waals surface area contributed by atoms with E-state index in [1.807, 2.05) is 17.7 Å². The van der Waals surface area contributed by atoms with E-state index in [1.165, 1.54) is 22.7 Å². The summed E-state index contributed by atoms with van der Waals surface area (Å²) in [6, 6.07) is 0. The first-order valence-electron chi connectivity index (χ1n) is 7.75. The molecule has 4 N–H and O–H groups in total. The van der Waals surface area contributed by atoms with Crippen molar-refractivity contribution in [1.29, 1.82) is 0 Å². The molecule has 0 aliphatic carbocycles. The van der Waals surface area contributed by atoms with E-state index < -0.39 is 0 Å². The van der Waals surface area contributed by atoms with Crippen LogP contribution in [0.5, 0.6) is 0 Å². The summed E-state index contributed by atoms with van der Waals surface area (Å²) in [7, 11) is 0. The van der Waals surface area contributed by atoms with Crippen LogP contribution in [0.1, 0.15) is 12.2 Å². The first-order valence-corrected chi connectivity index (χ1v) is 9.51. The van der Waals surface area contributed by atoms with Crippen LogP contribution in [-0.2, 0) is 0 Å². The lowest BCUT2D eigenvalue weighted by molar-refractivity contribution is 0.740. The van der Waals surface area contributed by atoms with Crippen LogP contribution in [0.4, 0.5) is 10.9 Å². The summed E-state index contributed by atoms with van der Waals surface area (Å²) >= 11 is 3.02. The van der Waals surface area contributed by atoms with Gasteiger partial charge < -0.3 is 16.4 Å². The second-order valence-corrected chi connectivity index (χ2v) is 7.14. The molecule has 0 radical (unpaired) electrons. The standard InChI is InChI=1S/C15H16N8S2/c1-8-19-5-9(12(16)20-8)13-21-10(6-24-13)11-7-25-15(22-11)23-14-17-3-2-4-18-14/h5-7H,2-4H2,1H3,(H2,16,19,20)(H2,17,18,22,23). The van der Waals surface area contributed by atoms with E-state index in [9.17, 15) is 0 Å². The van der Waals surface area contributed by atoms with Crippen LogP contribution in [0, 0.1) is 6.92 Å². The number of thiazole rings is 2. The fourth-order valence-corrected chi connectivity index (χ4v) is 3.87. The van der Waals surface area contributed by atoms with E-state index >= 15 is 0 Å². The molecule has 0 saturated heterocycles. The molecule has 3 aromatic rings. The van der Waals surface area contributed by atoms with E-state index in [0.29, 0.717) is 11.6 Å².